The van der Waals surface area contributed by atoms with Crippen LogP contribution in [-0.4, -0.2) is 30.5 Å². The summed E-state index contributed by atoms with van der Waals surface area (Å²) in [6.07, 6.45) is -3.25. The molecule has 0 aliphatic heterocycles. The second-order valence-corrected chi connectivity index (χ2v) is 6.75. The van der Waals surface area contributed by atoms with E-state index in [1.165, 1.54) is 0 Å². The molecule has 0 bridgehead atoms. The Labute approximate surface area is 119 Å². The number of alkyl halides is 3. The normalized spacial score (nSPS) is 14.5. The molecule has 1 aromatic heterocycles. The SMILES string of the molecule is CC[C@@H](C)OCc1nn(CC(F)(F)F)cc1S(=O)(=O)Cl. The molecule has 0 aliphatic rings. The molecule has 1 heterocycles. The Morgan fingerprint density at radius 2 is 2.10 bits per heavy atom. The average molecular weight is 335 g/mol. The maximum absolute atomic E-state index is 12.3. The van der Waals surface area contributed by atoms with Crippen LogP contribution in [0, 0.1) is 0 Å². The molecular weight excluding hydrogens is 321 g/mol. The molecule has 0 fully saturated rings. The van der Waals surface area contributed by atoms with E-state index in [1.54, 1.807) is 6.92 Å². The fourth-order valence-corrected chi connectivity index (χ4v) is 2.37. The molecule has 0 amide bonds. The zero-order chi connectivity index (χ0) is 15.6. The molecule has 116 valence electrons. The largest absolute Gasteiger partial charge is 0.408 e. The number of hydrogen-bond donors (Lipinski definition) is 0. The van der Waals surface area contributed by atoms with Crippen molar-refractivity contribution in [3.63, 3.8) is 0 Å². The maximum atomic E-state index is 12.3. The molecule has 0 unspecified atom stereocenters. The lowest BCUT2D eigenvalue weighted by Gasteiger charge is -2.09. The Morgan fingerprint density at radius 1 is 1.50 bits per heavy atom. The van der Waals surface area contributed by atoms with Gasteiger partial charge in [-0.2, -0.15) is 18.3 Å². The van der Waals surface area contributed by atoms with Crippen molar-refractivity contribution in [2.45, 2.75) is 50.6 Å². The Hall–Kier alpha value is -0.800. The standard InChI is InChI=1S/C10H14ClF3N2O3S/c1-3-7(2)19-5-8-9(20(11,17)18)4-16(15-8)6-10(12,13)14/h4,7H,3,5-6H2,1-2H3/t7-/m1/s1. The first-order chi connectivity index (χ1) is 9.03. The third kappa shape index (κ3) is 5.29. The van der Waals surface area contributed by atoms with Crippen LogP contribution in [0.4, 0.5) is 13.2 Å². The first-order valence-corrected chi connectivity index (χ1v) is 8.03. The Kier molecular flexibility index (Phi) is 5.45. The van der Waals surface area contributed by atoms with Gasteiger partial charge in [-0.25, -0.2) is 8.42 Å². The Bertz CT molecular complexity index is 557. The first kappa shape index (κ1) is 17.3. The van der Waals surface area contributed by atoms with Crippen molar-refractivity contribution in [1.82, 2.24) is 9.78 Å². The molecule has 20 heavy (non-hydrogen) atoms. The van der Waals surface area contributed by atoms with Gasteiger partial charge in [-0.1, -0.05) is 6.92 Å². The van der Waals surface area contributed by atoms with Crippen LogP contribution in [0.2, 0.25) is 0 Å². The lowest BCUT2D eigenvalue weighted by Crippen LogP contribution is -2.18. The summed E-state index contributed by atoms with van der Waals surface area (Å²) in [5, 5.41) is 3.58. The van der Waals surface area contributed by atoms with Crippen LogP contribution in [0.15, 0.2) is 11.1 Å². The Balaban J connectivity index is 3.02. The third-order valence-electron chi connectivity index (χ3n) is 2.48. The molecule has 1 aromatic rings. The van der Waals surface area contributed by atoms with E-state index in [9.17, 15) is 21.6 Å². The Morgan fingerprint density at radius 3 is 2.55 bits per heavy atom. The highest BCUT2D eigenvalue weighted by atomic mass is 35.7. The summed E-state index contributed by atoms with van der Waals surface area (Å²) in [6, 6.07) is 0. The summed E-state index contributed by atoms with van der Waals surface area (Å²) in [7, 11) is 0.998. The summed E-state index contributed by atoms with van der Waals surface area (Å²) in [5.41, 5.74) is -0.135. The second kappa shape index (κ2) is 6.31. The molecule has 0 N–H and O–H groups in total. The van der Waals surface area contributed by atoms with Gasteiger partial charge < -0.3 is 4.74 Å². The van der Waals surface area contributed by atoms with Gasteiger partial charge in [0.25, 0.3) is 9.05 Å². The fourth-order valence-electron chi connectivity index (χ4n) is 1.35. The molecule has 0 radical (unpaired) electrons. The van der Waals surface area contributed by atoms with Gasteiger partial charge in [0.2, 0.25) is 0 Å². The zero-order valence-corrected chi connectivity index (χ0v) is 12.4. The monoisotopic (exact) mass is 334 g/mol. The number of aromatic nitrogens is 2. The van der Waals surface area contributed by atoms with Crippen LogP contribution >= 0.6 is 10.7 Å². The van der Waals surface area contributed by atoms with E-state index in [2.05, 4.69) is 5.10 Å². The van der Waals surface area contributed by atoms with E-state index in [1.807, 2.05) is 6.92 Å². The quantitative estimate of drug-likeness (QED) is 0.750. The molecule has 5 nitrogen and oxygen atoms in total. The molecule has 0 aromatic carbocycles. The van der Waals surface area contributed by atoms with Crippen molar-refractivity contribution >= 4 is 19.7 Å². The van der Waals surface area contributed by atoms with E-state index in [-0.39, 0.29) is 18.4 Å². The summed E-state index contributed by atoms with van der Waals surface area (Å²) in [4.78, 5) is -0.466. The van der Waals surface area contributed by atoms with Crippen LogP contribution in [0.5, 0.6) is 0 Å². The molecule has 0 saturated heterocycles. The fraction of sp³-hybridized carbons (Fsp3) is 0.700. The lowest BCUT2D eigenvalue weighted by molar-refractivity contribution is -0.142. The van der Waals surface area contributed by atoms with Crippen LogP contribution in [0.25, 0.3) is 0 Å². The summed E-state index contributed by atoms with van der Waals surface area (Å²) in [5.74, 6) is 0. The lowest BCUT2D eigenvalue weighted by atomic mass is 10.3. The number of rotatable bonds is 6. The van der Waals surface area contributed by atoms with Gasteiger partial charge in [0.1, 0.15) is 17.1 Å². The van der Waals surface area contributed by atoms with Gasteiger partial charge in [-0.15, -0.1) is 0 Å². The summed E-state index contributed by atoms with van der Waals surface area (Å²) >= 11 is 0. The van der Waals surface area contributed by atoms with Crippen LogP contribution in [0.3, 0.4) is 0 Å². The van der Waals surface area contributed by atoms with Crippen LogP contribution < -0.4 is 0 Å². The van der Waals surface area contributed by atoms with Gasteiger partial charge >= 0.3 is 6.18 Å². The average Bonchev–Trinajstić information content (AvgIpc) is 2.66. The van der Waals surface area contributed by atoms with Crippen molar-refractivity contribution in [3.05, 3.63) is 11.9 Å². The minimum atomic E-state index is -4.51. The molecule has 1 rings (SSSR count). The van der Waals surface area contributed by atoms with E-state index in [0.717, 1.165) is 6.20 Å². The molecule has 0 aliphatic carbocycles. The predicted octanol–water partition coefficient (Wildman–Crippen LogP) is 2.69. The molecule has 0 spiro atoms. The highest BCUT2D eigenvalue weighted by Crippen LogP contribution is 2.23. The van der Waals surface area contributed by atoms with Crippen molar-refractivity contribution in [1.29, 1.82) is 0 Å². The van der Waals surface area contributed by atoms with Gasteiger partial charge in [0.05, 0.1) is 12.7 Å². The smallest absolute Gasteiger partial charge is 0.372 e. The second-order valence-electron chi connectivity index (χ2n) is 4.22. The molecule has 0 saturated carbocycles. The minimum absolute atomic E-state index is 0.135. The number of ether oxygens (including phenoxy) is 1. The van der Waals surface area contributed by atoms with E-state index in [0.29, 0.717) is 11.1 Å². The number of nitrogens with zero attached hydrogens (tertiary/aromatic N) is 2. The highest BCUT2D eigenvalue weighted by molar-refractivity contribution is 8.13. The van der Waals surface area contributed by atoms with E-state index >= 15 is 0 Å². The highest BCUT2D eigenvalue weighted by Gasteiger charge is 2.30. The van der Waals surface area contributed by atoms with Gasteiger partial charge in [0, 0.05) is 16.9 Å². The molecule has 1 atom stereocenters. The molecule has 10 heteroatoms. The van der Waals surface area contributed by atoms with Crippen molar-refractivity contribution in [3.8, 4) is 0 Å². The topological polar surface area (TPSA) is 61.2 Å². The third-order valence-corrected chi connectivity index (χ3v) is 3.85. The van der Waals surface area contributed by atoms with Crippen LogP contribution in [-0.2, 0) is 26.9 Å². The van der Waals surface area contributed by atoms with Gasteiger partial charge in [-0.3, -0.25) is 4.68 Å². The first-order valence-electron chi connectivity index (χ1n) is 5.72. The minimum Gasteiger partial charge on any atom is -0.372 e. The van der Waals surface area contributed by atoms with Gasteiger partial charge in [-0.05, 0) is 13.3 Å². The predicted molar refractivity (Wildman–Crippen MR) is 65.9 cm³/mol. The summed E-state index contributed by atoms with van der Waals surface area (Å²) in [6.45, 7) is 1.99. The zero-order valence-electron chi connectivity index (χ0n) is 10.8. The van der Waals surface area contributed by atoms with E-state index < -0.39 is 26.7 Å². The van der Waals surface area contributed by atoms with Gasteiger partial charge in [0.15, 0.2) is 0 Å². The van der Waals surface area contributed by atoms with Crippen LogP contribution in [0.1, 0.15) is 26.0 Å². The van der Waals surface area contributed by atoms with Crippen molar-refractivity contribution < 1.29 is 26.3 Å². The van der Waals surface area contributed by atoms with Crippen molar-refractivity contribution in [2.75, 3.05) is 0 Å². The van der Waals surface area contributed by atoms with E-state index in [4.69, 9.17) is 15.4 Å². The number of halogens is 4. The summed E-state index contributed by atoms with van der Waals surface area (Å²) < 4.78 is 65.2. The van der Waals surface area contributed by atoms with Crippen molar-refractivity contribution in [2.24, 2.45) is 0 Å². The maximum Gasteiger partial charge on any atom is 0.408 e. The molecular formula is C10H14ClF3N2O3S. The number of hydrogen-bond acceptors (Lipinski definition) is 4.